The molecule has 0 aliphatic rings. The van der Waals surface area contributed by atoms with Crippen molar-refractivity contribution in [1.82, 2.24) is 9.55 Å². The van der Waals surface area contributed by atoms with Crippen LogP contribution in [0.5, 0.6) is 5.75 Å². The van der Waals surface area contributed by atoms with Crippen molar-refractivity contribution >= 4 is 34.2 Å². The highest BCUT2D eigenvalue weighted by molar-refractivity contribution is 6.35. The third kappa shape index (κ3) is 2.37. The van der Waals surface area contributed by atoms with Crippen LogP contribution < -0.4 is 4.74 Å². The maximum atomic E-state index is 6.35. The molecular weight excluding hydrogens is 307 g/mol. The number of methoxy groups -OCH3 is 1. The predicted molar refractivity (Wildman–Crippen MR) is 86.9 cm³/mol. The summed E-state index contributed by atoms with van der Waals surface area (Å²) in [4.78, 5) is 4.56. The number of fused-ring (bicyclic) bond motifs is 1. The lowest BCUT2D eigenvalue weighted by Gasteiger charge is -2.11. The van der Waals surface area contributed by atoms with E-state index in [-0.39, 0.29) is 0 Å². The van der Waals surface area contributed by atoms with Crippen LogP contribution in [0.4, 0.5) is 0 Å². The molecule has 0 amide bonds. The number of halogens is 2. The van der Waals surface area contributed by atoms with E-state index in [9.17, 15) is 0 Å². The molecule has 108 valence electrons. The Morgan fingerprint density at radius 2 is 2.05 bits per heavy atom. The molecule has 0 atom stereocenters. The predicted octanol–water partition coefficient (Wildman–Crippen LogP) is 4.73. The number of benzene rings is 2. The Labute approximate surface area is 133 Å². The van der Waals surface area contributed by atoms with E-state index in [0.29, 0.717) is 10.9 Å². The van der Waals surface area contributed by atoms with Crippen LogP contribution in [0.1, 0.15) is 11.4 Å². The highest BCUT2D eigenvalue weighted by atomic mass is 35.5. The quantitative estimate of drug-likeness (QED) is 0.652. The van der Waals surface area contributed by atoms with Gasteiger partial charge in [-0.3, -0.25) is 4.57 Å². The first kappa shape index (κ1) is 14.2. The molecule has 0 fully saturated rings. The van der Waals surface area contributed by atoms with Gasteiger partial charge in [-0.05, 0) is 42.8 Å². The van der Waals surface area contributed by atoms with Crippen molar-refractivity contribution in [3.8, 4) is 11.4 Å². The van der Waals surface area contributed by atoms with Crippen LogP contribution in [0.2, 0.25) is 5.02 Å². The number of aryl methyl sites for hydroxylation is 1. The third-order valence-electron chi connectivity index (χ3n) is 3.45. The SMILES string of the molecule is COc1ccc(-n2c(CCl)nc3cccc(Cl)c32)cc1C. The van der Waals surface area contributed by atoms with E-state index in [1.165, 1.54) is 0 Å². The molecule has 0 unspecified atom stereocenters. The van der Waals surface area contributed by atoms with Crippen LogP contribution in [0, 0.1) is 6.92 Å². The monoisotopic (exact) mass is 320 g/mol. The van der Waals surface area contributed by atoms with E-state index in [2.05, 4.69) is 4.98 Å². The van der Waals surface area contributed by atoms with Crippen LogP contribution in [-0.2, 0) is 5.88 Å². The van der Waals surface area contributed by atoms with Crippen LogP contribution in [0.25, 0.3) is 16.7 Å². The molecule has 5 heteroatoms. The number of hydrogen-bond acceptors (Lipinski definition) is 2. The zero-order valence-electron chi connectivity index (χ0n) is 11.7. The fourth-order valence-electron chi connectivity index (χ4n) is 2.50. The van der Waals surface area contributed by atoms with Gasteiger partial charge < -0.3 is 4.74 Å². The summed E-state index contributed by atoms with van der Waals surface area (Å²) in [6, 6.07) is 11.6. The van der Waals surface area contributed by atoms with Gasteiger partial charge in [-0.2, -0.15) is 0 Å². The summed E-state index contributed by atoms with van der Waals surface area (Å²) < 4.78 is 7.31. The second kappa shape index (κ2) is 5.58. The number of ether oxygens (including phenoxy) is 1. The number of aromatic nitrogens is 2. The topological polar surface area (TPSA) is 27.1 Å². The molecule has 0 saturated carbocycles. The molecule has 0 radical (unpaired) electrons. The van der Waals surface area contributed by atoms with Gasteiger partial charge in [-0.25, -0.2) is 4.98 Å². The molecule has 1 heterocycles. The molecule has 0 aliphatic carbocycles. The van der Waals surface area contributed by atoms with Gasteiger partial charge in [0.15, 0.2) is 0 Å². The summed E-state index contributed by atoms with van der Waals surface area (Å²) in [6.45, 7) is 2.00. The summed E-state index contributed by atoms with van der Waals surface area (Å²) >= 11 is 12.4. The van der Waals surface area contributed by atoms with E-state index in [1.54, 1.807) is 7.11 Å². The molecule has 0 saturated heterocycles. The minimum atomic E-state index is 0.316. The van der Waals surface area contributed by atoms with Crippen molar-refractivity contribution in [2.75, 3.05) is 7.11 Å². The molecule has 21 heavy (non-hydrogen) atoms. The molecule has 0 spiro atoms. The Morgan fingerprint density at radius 3 is 2.71 bits per heavy atom. The van der Waals surface area contributed by atoms with Gasteiger partial charge in [0.1, 0.15) is 11.6 Å². The van der Waals surface area contributed by atoms with E-state index in [0.717, 1.165) is 33.9 Å². The molecule has 0 bridgehead atoms. The molecule has 3 nitrogen and oxygen atoms in total. The number of para-hydroxylation sites is 1. The smallest absolute Gasteiger partial charge is 0.129 e. The Morgan fingerprint density at radius 1 is 1.24 bits per heavy atom. The number of alkyl halides is 1. The van der Waals surface area contributed by atoms with Gasteiger partial charge in [0.25, 0.3) is 0 Å². The first-order chi connectivity index (χ1) is 10.2. The zero-order chi connectivity index (χ0) is 15.0. The molecule has 0 N–H and O–H groups in total. The number of nitrogens with zero attached hydrogens (tertiary/aromatic N) is 2. The molecule has 2 aromatic carbocycles. The standard InChI is InChI=1S/C16H14Cl2N2O/c1-10-8-11(6-7-14(10)21-2)20-15(9-17)19-13-5-3-4-12(18)16(13)20/h3-8H,9H2,1-2H3. The molecule has 3 aromatic rings. The van der Waals surface area contributed by atoms with Gasteiger partial charge >= 0.3 is 0 Å². The summed E-state index contributed by atoms with van der Waals surface area (Å²) in [5.74, 6) is 1.93. The molecule has 3 rings (SSSR count). The largest absolute Gasteiger partial charge is 0.496 e. The van der Waals surface area contributed by atoms with Crippen molar-refractivity contribution < 1.29 is 4.74 Å². The molecule has 1 aromatic heterocycles. The lowest BCUT2D eigenvalue weighted by atomic mass is 10.2. The second-order valence-electron chi connectivity index (χ2n) is 4.76. The van der Waals surface area contributed by atoms with E-state index in [4.69, 9.17) is 27.9 Å². The lowest BCUT2D eigenvalue weighted by molar-refractivity contribution is 0.411. The molecule has 0 aliphatic heterocycles. The average Bonchev–Trinajstić information content (AvgIpc) is 2.87. The van der Waals surface area contributed by atoms with Crippen molar-refractivity contribution in [2.24, 2.45) is 0 Å². The highest BCUT2D eigenvalue weighted by Crippen LogP contribution is 2.30. The maximum Gasteiger partial charge on any atom is 0.129 e. The summed E-state index contributed by atoms with van der Waals surface area (Å²) in [7, 11) is 1.66. The number of hydrogen-bond donors (Lipinski definition) is 0. The van der Waals surface area contributed by atoms with Crippen molar-refractivity contribution in [3.63, 3.8) is 0 Å². The van der Waals surface area contributed by atoms with Crippen LogP contribution >= 0.6 is 23.2 Å². The highest BCUT2D eigenvalue weighted by Gasteiger charge is 2.15. The van der Waals surface area contributed by atoms with Crippen molar-refractivity contribution in [3.05, 3.63) is 52.8 Å². The first-order valence-electron chi connectivity index (χ1n) is 6.52. The third-order valence-corrected chi connectivity index (χ3v) is 4.00. The maximum absolute atomic E-state index is 6.35. The van der Waals surface area contributed by atoms with Gasteiger partial charge in [-0.1, -0.05) is 17.7 Å². The van der Waals surface area contributed by atoms with E-state index >= 15 is 0 Å². The Balaban J connectivity index is 2.30. The van der Waals surface area contributed by atoms with E-state index < -0.39 is 0 Å². The van der Waals surface area contributed by atoms with Crippen LogP contribution in [0.3, 0.4) is 0 Å². The summed E-state index contributed by atoms with van der Waals surface area (Å²) in [5.41, 5.74) is 3.73. The van der Waals surface area contributed by atoms with Gasteiger partial charge in [0.05, 0.1) is 29.0 Å². The Kier molecular flexibility index (Phi) is 3.79. The normalized spacial score (nSPS) is 11.0. The Bertz CT molecular complexity index is 811. The second-order valence-corrected chi connectivity index (χ2v) is 5.43. The average molecular weight is 321 g/mol. The number of rotatable bonds is 3. The zero-order valence-corrected chi connectivity index (χ0v) is 13.2. The first-order valence-corrected chi connectivity index (χ1v) is 7.43. The lowest BCUT2D eigenvalue weighted by Crippen LogP contribution is -2.00. The number of imidazole rings is 1. The van der Waals surface area contributed by atoms with Gasteiger partial charge in [0, 0.05) is 5.69 Å². The Hall–Kier alpha value is -1.71. The van der Waals surface area contributed by atoms with Gasteiger partial charge in [-0.15, -0.1) is 11.6 Å². The van der Waals surface area contributed by atoms with Crippen molar-refractivity contribution in [2.45, 2.75) is 12.8 Å². The van der Waals surface area contributed by atoms with E-state index in [1.807, 2.05) is 47.9 Å². The van der Waals surface area contributed by atoms with Gasteiger partial charge in [0.2, 0.25) is 0 Å². The van der Waals surface area contributed by atoms with Crippen LogP contribution in [-0.4, -0.2) is 16.7 Å². The minimum Gasteiger partial charge on any atom is -0.496 e. The fourth-order valence-corrected chi connectivity index (χ4v) is 2.94. The van der Waals surface area contributed by atoms with Crippen molar-refractivity contribution in [1.29, 1.82) is 0 Å². The summed E-state index contributed by atoms with van der Waals surface area (Å²) in [6.07, 6.45) is 0. The molecular formula is C16H14Cl2N2O. The van der Waals surface area contributed by atoms with Crippen LogP contribution in [0.15, 0.2) is 36.4 Å². The minimum absolute atomic E-state index is 0.316. The fraction of sp³-hybridized carbons (Fsp3) is 0.188. The summed E-state index contributed by atoms with van der Waals surface area (Å²) in [5, 5.41) is 0.657.